The van der Waals surface area contributed by atoms with E-state index in [-0.39, 0.29) is 127 Å². The maximum absolute atomic E-state index is 13.9. The summed E-state index contributed by atoms with van der Waals surface area (Å²) in [5.74, 6) is -3.46. The second-order valence-electron chi connectivity index (χ2n) is 18.7. The van der Waals surface area contributed by atoms with E-state index in [1.54, 1.807) is 0 Å². The van der Waals surface area contributed by atoms with Crippen molar-refractivity contribution in [3.05, 3.63) is 99.4 Å². The third-order valence-electron chi connectivity index (χ3n) is 13.0. The van der Waals surface area contributed by atoms with Crippen LogP contribution in [0.15, 0.2) is 84.8 Å². The number of amides is 4. The average molecular weight is 1220 g/mol. The van der Waals surface area contributed by atoms with E-state index in [1.165, 1.54) is 130 Å². The lowest BCUT2D eigenvalue weighted by molar-refractivity contribution is -0.148. The molecule has 0 aromatic heterocycles. The SMILES string of the molecule is CCOC(=O)CN(CC(=O)OCC)C(=O)Nc1c(C)c(/N=c2\ccc3c(-c4ccccc4S(=O)(=O)O)c4ccc(Nc5c(C)c(NC(=O)N(CC(=O)OCC)CC(=O)OCC)c(C)c(S(=O)(=O)O)c5C)cc4oc-3c2)c(C)c(S(=O)(=O)O)c1C. The van der Waals surface area contributed by atoms with E-state index in [1.807, 2.05) is 0 Å². The van der Waals surface area contributed by atoms with E-state index in [2.05, 4.69) is 16.0 Å². The lowest BCUT2D eigenvalue weighted by Gasteiger charge is -2.25. The number of ether oxygens (including phenoxy) is 4. The van der Waals surface area contributed by atoms with Gasteiger partial charge in [0.2, 0.25) is 0 Å². The van der Waals surface area contributed by atoms with Gasteiger partial charge >= 0.3 is 35.9 Å². The highest BCUT2D eigenvalue weighted by Gasteiger charge is 2.32. The van der Waals surface area contributed by atoms with Crippen LogP contribution < -0.4 is 21.3 Å². The molecule has 4 aromatic carbocycles. The summed E-state index contributed by atoms with van der Waals surface area (Å²) in [5, 5.41) is 8.61. The van der Waals surface area contributed by atoms with Gasteiger partial charge in [-0.05, 0) is 133 Å². The van der Waals surface area contributed by atoms with Crippen molar-refractivity contribution in [1.82, 2.24) is 9.80 Å². The van der Waals surface area contributed by atoms with Gasteiger partial charge in [0, 0.05) is 45.6 Å². The second-order valence-corrected chi connectivity index (χ2v) is 22.8. The molecule has 0 atom stereocenters. The van der Waals surface area contributed by atoms with Gasteiger partial charge in [0.05, 0.1) is 48.8 Å². The Labute approximate surface area is 483 Å². The summed E-state index contributed by atoms with van der Waals surface area (Å²) in [6.07, 6.45) is 0. The zero-order chi connectivity index (χ0) is 62.3. The van der Waals surface area contributed by atoms with E-state index in [4.69, 9.17) is 28.4 Å². The van der Waals surface area contributed by atoms with Crippen molar-refractivity contribution < 1.29 is 91.0 Å². The highest BCUT2D eigenvalue weighted by atomic mass is 32.2. The maximum atomic E-state index is 13.9. The third-order valence-corrected chi connectivity index (χ3v) is 16.2. The third kappa shape index (κ3) is 14.6. The lowest BCUT2D eigenvalue weighted by Crippen LogP contribution is -2.43. The van der Waals surface area contributed by atoms with Gasteiger partial charge in [-0.3, -0.25) is 32.8 Å². The Hall–Kier alpha value is -8.48. The van der Waals surface area contributed by atoms with Crippen LogP contribution in [-0.2, 0) is 68.5 Å². The summed E-state index contributed by atoms with van der Waals surface area (Å²) in [7, 11) is -15.0. The summed E-state index contributed by atoms with van der Waals surface area (Å²) in [6, 6.07) is 12.4. The highest BCUT2D eigenvalue weighted by molar-refractivity contribution is 7.86. The fraction of sp³-hybridized carbons (Fsp3) is 0.327. The van der Waals surface area contributed by atoms with Gasteiger partial charge in [-0.1, -0.05) is 18.2 Å². The molecule has 2 aliphatic rings. The number of urea groups is 2. The van der Waals surface area contributed by atoms with Crippen molar-refractivity contribution in [2.45, 2.75) is 83.9 Å². The molecule has 0 bridgehead atoms. The summed E-state index contributed by atoms with van der Waals surface area (Å²) in [5.41, 5.74) is 0.375. The van der Waals surface area contributed by atoms with Gasteiger partial charge in [-0.15, -0.1) is 0 Å². The number of carbonyl (C=O) groups excluding carboxylic acids is 6. The Morgan fingerprint density at radius 3 is 1.44 bits per heavy atom. The van der Waals surface area contributed by atoms with Crippen molar-refractivity contribution in [3.63, 3.8) is 0 Å². The van der Waals surface area contributed by atoms with Crippen molar-refractivity contribution >= 4 is 106 Å². The van der Waals surface area contributed by atoms with Crippen LogP contribution in [0.5, 0.6) is 0 Å². The van der Waals surface area contributed by atoms with Crippen molar-refractivity contribution in [3.8, 4) is 22.5 Å². The van der Waals surface area contributed by atoms with Crippen LogP contribution in [0.25, 0.3) is 33.4 Å². The Balaban J connectivity index is 1.58. The number of nitrogens with zero attached hydrogens (tertiary/aromatic N) is 3. The minimum atomic E-state index is -5.07. The Kier molecular flexibility index (Phi) is 20.3. The van der Waals surface area contributed by atoms with E-state index in [0.29, 0.717) is 0 Å². The molecule has 0 saturated carbocycles. The van der Waals surface area contributed by atoms with Gasteiger partial charge < -0.3 is 49.1 Å². The molecule has 1 aliphatic carbocycles. The van der Waals surface area contributed by atoms with E-state index < -0.39 is 107 Å². The Bertz CT molecular complexity index is 3990. The number of carbonyl (C=O) groups is 6. The molecule has 6 N–H and O–H groups in total. The Morgan fingerprint density at radius 1 is 0.524 bits per heavy atom. The van der Waals surface area contributed by atoms with Crippen LogP contribution in [0.1, 0.15) is 61.1 Å². The first-order chi connectivity index (χ1) is 39.4. The normalized spacial score (nSPS) is 11.9. The van der Waals surface area contributed by atoms with Gasteiger partial charge in [0.1, 0.15) is 52.2 Å². The van der Waals surface area contributed by atoms with Crippen LogP contribution in [-0.4, -0.2) is 137 Å². The monoisotopic (exact) mass is 1220 g/mol. The molecule has 84 heavy (non-hydrogen) atoms. The largest absolute Gasteiger partial charge is 0.465 e. The topological polar surface area (TPSA) is 371 Å². The highest BCUT2D eigenvalue weighted by Crippen LogP contribution is 2.45. The first-order valence-corrected chi connectivity index (χ1v) is 30.0. The summed E-state index contributed by atoms with van der Waals surface area (Å²) < 4.78 is 137. The molecular weight excluding hydrogens is 1160 g/mol. The lowest BCUT2D eigenvalue weighted by atomic mass is 9.93. The fourth-order valence-corrected chi connectivity index (χ4v) is 12.2. The van der Waals surface area contributed by atoms with Crippen molar-refractivity contribution in [1.29, 1.82) is 0 Å². The number of benzene rings is 5. The first kappa shape index (κ1) is 64.7. The number of hydrogen-bond donors (Lipinski definition) is 6. The zero-order valence-electron chi connectivity index (χ0n) is 47.3. The molecule has 0 fully saturated rings. The molecule has 26 nitrogen and oxygen atoms in total. The number of nitrogens with one attached hydrogen (secondary N) is 3. The molecular formula is C55H62N6O20S3. The number of anilines is 4. The molecule has 6 rings (SSSR count). The summed E-state index contributed by atoms with van der Waals surface area (Å²) in [6.45, 7) is 11.5. The number of fused-ring (bicyclic) bond motifs is 2. The van der Waals surface area contributed by atoms with Gasteiger partial charge in [0.25, 0.3) is 30.4 Å². The predicted octanol–water partition coefficient (Wildman–Crippen LogP) is 7.69. The quantitative estimate of drug-likeness (QED) is 0.0174. The molecule has 0 saturated heterocycles. The molecule has 0 radical (unpaired) electrons. The first-order valence-electron chi connectivity index (χ1n) is 25.7. The predicted molar refractivity (Wildman–Crippen MR) is 305 cm³/mol. The minimum Gasteiger partial charge on any atom is -0.465 e. The average Bonchev–Trinajstić information content (AvgIpc) is 3.52. The molecule has 450 valence electrons. The number of esters is 4. The Morgan fingerprint density at radius 2 is 0.976 bits per heavy atom. The van der Waals surface area contributed by atoms with E-state index in [9.17, 15) is 67.7 Å². The van der Waals surface area contributed by atoms with Gasteiger partial charge in [-0.25, -0.2) is 14.6 Å². The van der Waals surface area contributed by atoms with Crippen LogP contribution in [0.3, 0.4) is 0 Å². The zero-order valence-corrected chi connectivity index (χ0v) is 49.7. The number of rotatable bonds is 21. The molecule has 4 amide bonds. The van der Waals surface area contributed by atoms with Crippen LogP contribution in [0.4, 0.5) is 38.0 Å². The fourth-order valence-electron chi connectivity index (χ4n) is 9.59. The molecule has 4 aromatic rings. The van der Waals surface area contributed by atoms with E-state index >= 15 is 0 Å². The molecule has 29 heteroatoms. The minimum absolute atomic E-state index is 0.0112. The molecule has 0 spiro atoms. The van der Waals surface area contributed by atoms with Crippen LogP contribution in [0, 0.1) is 41.5 Å². The standard InChI is InChI=1S/C55H62N6O20S3/c1-11-77-43(62)25-60(26-44(63)78-12-2)54(66)58-50-29(5)48(31(7)52(33(50)9)83(71,72)73)56-35-19-21-37-40(23-35)81-41-24-36(20-22-38(41)47(37)39-17-15-16-18-42(39)82(68,69)70)57-49-30(6)51(34(10)53(32(49)8)84(74,75)76)59-55(67)61(27-45(64)79-13-3)28-46(65)80-14-4/h15-24,56H,11-14,25-28H2,1-10H3,(H,58,66)(H,59,67)(H,68,69,70)(H,71,72,73)(H,74,75,76)/b57-36+. The molecule has 1 heterocycles. The van der Waals surface area contributed by atoms with Crippen molar-refractivity contribution in [2.75, 3.05) is 68.6 Å². The van der Waals surface area contributed by atoms with Crippen molar-refractivity contribution in [2.24, 2.45) is 4.99 Å². The van der Waals surface area contributed by atoms with E-state index in [0.717, 1.165) is 9.80 Å². The van der Waals surface area contributed by atoms with Gasteiger partial charge in [-0.2, -0.15) is 25.3 Å². The summed E-state index contributed by atoms with van der Waals surface area (Å²) >= 11 is 0. The summed E-state index contributed by atoms with van der Waals surface area (Å²) in [4.78, 5) is 82.7. The molecule has 1 aliphatic heterocycles. The maximum Gasteiger partial charge on any atom is 0.325 e. The van der Waals surface area contributed by atoms with Crippen LogP contribution >= 0.6 is 0 Å². The number of hydrogen-bond acceptors (Lipinski definition) is 19. The second kappa shape index (κ2) is 26.4. The molecule has 0 unspecified atom stereocenters. The van der Waals surface area contributed by atoms with Gasteiger partial charge in [0.15, 0.2) is 0 Å². The van der Waals surface area contributed by atoms with Crippen LogP contribution in [0.2, 0.25) is 0 Å². The smallest absolute Gasteiger partial charge is 0.325 e.